The molecule has 0 spiro atoms. The van der Waals surface area contributed by atoms with Crippen LogP contribution in [0.4, 0.5) is 0 Å². The minimum atomic E-state index is 0.320. The number of hydrogen-bond acceptors (Lipinski definition) is 2. The SMILES string of the molecule is NNC(Cc1cccc(Cl)c1Cl)C1CC1. The van der Waals surface area contributed by atoms with Gasteiger partial charge in [-0.3, -0.25) is 11.3 Å². The molecule has 82 valence electrons. The maximum atomic E-state index is 6.12. The summed E-state index contributed by atoms with van der Waals surface area (Å²) in [4.78, 5) is 0. The van der Waals surface area contributed by atoms with Gasteiger partial charge >= 0.3 is 0 Å². The van der Waals surface area contributed by atoms with Crippen molar-refractivity contribution in [2.75, 3.05) is 0 Å². The third-order valence-corrected chi connectivity index (χ3v) is 3.73. The Hall–Kier alpha value is -0.280. The monoisotopic (exact) mass is 244 g/mol. The van der Waals surface area contributed by atoms with Gasteiger partial charge in [0.1, 0.15) is 0 Å². The summed E-state index contributed by atoms with van der Waals surface area (Å²) in [6, 6.07) is 6.04. The van der Waals surface area contributed by atoms with E-state index in [1.165, 1.54) is 12.8 Å². The molecule has 0 aliphatic heterocycles. The molecule has 1 unspecified atom stereocenters. The van der Waals surface area contributed by atoms with Crippen molar-refractivity contribution in [1.29, 1.82) is 0 Å². The molecule has 4 heteroatoms. The lowest BCUT2D eigenvalue weighted by molar-refractivity contribution is 0.472. The van der Waals surface area contributed by atoms with Crippen LogP contribution in [0.15, 0.2) is 18.2 Å². The van der Waals surface area contributed by atoms with Crippen molar-refractivity contribution >= 4 is 23.2 Å². The quantitative estimate of drug-likeness (QED) is 0.632. The van der Waals surface area contributed by atoms with Crippen LogP contribution in [0.5, 0.6) is 0 Å². The average Bonchev–Trinajstić information content (AvgIpc) is 3.04. The summed E-state index contributed by atoms with van der Waals surface area (Å²) in [5.41, 5.74) is 3.93. The summed E-state index contributed by atoms with van der Waals surface area (Å²) in [6.45, 7) is 0. The molecule has 2 rings (SSSR count). The first kappa shape index (κ1) is 11.2. The fourth-order valence-corrected chi connectivity index (χ4v) is 2.20. The highest BCUT2D eigenvalue weighted by atomic mass is 35.5. The highest BCUT2D eigenvalue weighted by Gasteiger charge is 2.30. The van der Waals surface area contributed by atoms with Gasteiger partial charge in [0.15, 0.2) is 0 Å². The first-order valence-corrected chi connectivity index (χ1v) is 5.87. The molecule has 0 amide bonds. The maximum Gasteiger partial charge on any atom is 0.0624 e. The molecule has 0 aromatic heterocycles. The minimum absolute atomic E-state index is 0.320. The van der Waals surface area contributed by atoms with Gasteiger partial charge in [0.25, 0.3) is 0 Å². The molecule has 0 bridgehead atoms. The number of nitrogens with one attached hydrogen (secondary N) is 1. The molecule has 0 saturated heterocycles. The van der Waals surface area contributed by atoms with Crippen LogP contribution >= 0.6 is 23.2 Å². The van der Waals surface area contributed by atoms with Crippen molar-refractivity contribution < 1.29 is 0 Å². The molecule has 1 aliphatic carbocycles. The molecule has 15 heavy (non-hydrogen) atoms. The summed E-state index contributed by atoms with van der Waals surface area (Å²) in [5.74, 6) is 6.22. The van der Waals surface area contributed by atoms with E-state index in [0.717, 1.165) is 12.0 Å². The van der Waals surface area contributed by atoms with Crippen molar-refractivity contribution in [3.8, 4) is 0 Å². The Kier molecular flexibility index (Phi) is 3.52. The number of hydrazine groups is 1. The Morgan fingerprint density at radius 2 is 2.13 bits per heavy atom. The zero-order valence-corrected chi connectivity index (χ0v) is 9.85. The molecule has 1 saturated carbocycles. The zero-order chi connectivity index (χ0) is 10.8. The van der Waals surface area contributed by atoms with E-state index in [1.54, 1.807) is 6.07 Å². The second-order valence-electron chi connectivity index (χ2n) is 4.03. The summed E-state index contributed by atoms with van der Waals surface area (Å²) >= 11 is 12.1. The van der Waals surface area contributed by atoms with E-state index in [4.69, 9.17) is 29.0 Å². The van der Waals surface area contributed by atoms with Crippen LogP contribution in [0, 0.1) is 5.92 Å². The molecule has 1 aliphatic rings. The van der Waals surface area contributed by atoms with E-state index in [-0.39, 0.29) is 0 Å². The second-order valence-corrected chi connectivity index (χ2v) is 4.81. The molecule has 2 nitrogen and oxygen atoms in total. The van der Waals surface area contributed by atoms with Gasteiger partial charge in [-0.15, -0.1) is 0 Å². The first-order chi connectivity index (χ1) is 7.22. The van der Waals surface area contributed by atoms with E-state index < -0.39 is 0 Å². The van der Waals surface area contributed by atoms with Gasteiger partial charge < -0.3 is 0 Å². The fourth-order valence-electron chi connectivity index (χ4n) is 1.80. The topological polar surface area (TPSA) is 38.0 Å². The van der Waals surface area contributed by atoms with E-state index in [1.807, 2.05) is 12.1 Å². The predicted molar refractivity (Wildman–Crippen MR) is 64.0 cm³/mol. The lowest BCUT2D eigenvalue weighted by Gasteiger charge is -2.16. The van der Waals surface area contributed by atoms with Gasteiger partial charge in [-0.2, -0.15) is 0 Å². The highest BCUT2D eigenvalue weighted by molar-refractivity contribution is 6.42. The Balaban J connectivity index is 2.11. The maximum absolute atomic E-state index is 6.12. The normalized spacial score (nSPS) is 17.8. The van der Waals surface area contributed by atoms with Gasteiger partial charge in [-0.25, -0.2) is 0 Å². The lowest BCUT2D eigenvalue weighted by atomic mass is 10.0. The van der Waals surface area contributed by atoms with Crippen LogP contribution in [0.25, 0.3) is 0 Å². The minimum Gasteiger partial charge on any atom is -0.271 e. The molecule has 0 heterocycles. The van der Waals surface area contributed by atoms with Crippen molar-refractivity contribution in [3.05, 3.63) is 33.8 Å². The van der Waals surface area contributed by atoms with Gasteiger partial charge in [0.05, 0.1) is 10.0 Å². The fraction of sp³-hybridized carbons (Fsp3) is 0.455. The van der Waals surface area contributed by atoms with E-state index in [0.29, 0.717) is 22.0 Å². The number of nitrogens with two attached hydrogens (primary N) is 1. The van der Waals surface area contributed by atoms with Crippen molar-refractivity contribution in [3.63, 3.8) is 0 Å². The Morgan fingerprint density at radius 3 is 2.73 bits per heavy atom. The van der Waals surface area contributed by atoms with Gasteiger partial charge in [0, 0.05) is 6.04 Å². The molecule has 3 N–H and O–H groups in total. The van der Waals surface area contributed by atoms with Gasteiger partial charge in [0.2, 0.25) is 0 Å². The van der Waals surface area contributed by atoms with E-state index in [9.17, 15) is 0 Å². The lowest BCUT2D eigenvalue weighted by Crippen LogP contribution is -2.38. The molecular weight excluding hydrogens is 231 g/mol. The number of halogens is 2. The molecule has 1 aromatic carbocycles. The van der Waals surface area contributed by atoms with Crippen LogP contribution in [-0.4, -0.2) is 6.04 Å². The van der Waals surface area contributed by atoms with Crippen LogP contribution < -0.4 is 11.3 Å². The third kappa shape index (κ3) is 2.64. The first-order valence-electron chi connectivity index (χ1n) is 5.11. The summed E-state index contributed by atoms with van der Waals surface area (Å²) < 4.78 is 0. The average molecular weight is 245 g/mol. The van der Waals surface area contributed by atoms with E-state index >= 15 is 0 Å². The summed E-state index contributed by atoms with van der Waals surface area (Å²) in [5, 5.41) is 1.26. The van der Waals surface area contributed by atoms with Crippen molar-refractivity contribution in [1.82, 2.24) is 5.43 Å². The third-order valence-electron chi connectivity index (χ3n) is 2.88. The van der Waals surface area contributed by atoms with Crippen molar-refractivity contribution in [2.45, 2.75) is 25.3 Å². The standard InChI is InChI=1S/C11H14Cl2N2/c12-9-3-1-2-8(11(9)13)6-10(15-14)7-4-5-7/h1-3,7,10,15H,4-6,14H2. The number of hydrogen-bond donors (Lipinski definition) is 2. The van der Waals surface area contributed by atoms with E-state index in [2.05, 4.69) is 5.43 Å². The van der Waals surface area contributed by atoms with Gasteiger partial charge in [-0.1, -0.05) is 35.3 Å². The molecule has 0 radical (unpaired) electrons. The summed E-state index contributed by atoms with van der Waals surface area (Å²) in [7, 11) is 0. The summed E-state index contributed by atoms with van der Waals surface area (Å²) in [6.07, 6.45) is 3.36. The van der Waals surface area contributed by atoms with Gasteiger partial charge in [-0.05, 0) is 36.8 Å². The molecule has 1 aromatic rings. The number of benzene rings is 1. The molecule has 1 atom stereocenters. The second kappa shape index (κ2) is 4.71. The zero-order valence-electron chi connectivity index (χ0n) is 8.34. The smallest absolute Gasteiger partial charge is 0.0624 e. The Bertz CT molecular complexity index is 350. The molecular formula is C11H14Cl2N2. The number of rotatable bonds is 4. The van der Waals surface area contributed by atoms with Crippen molar-refractivity contribution in [2.24, 2.45) is 11.8 Å². The Labute approximate surface area is 99.7 Å². The Morgan fingerprint density at radius 1 is 1.40 bits per heavy atom. The highest BCUT2D eigenvalue weighted by Crippen LogP contribution is 2.35. The van der Waals surface area contributed by atoms with Crippen LogP contribution in [-0.2, 0) is 6.42 Å². The molecule has 1 fully saturated rings. The van der Waals surface area contributed by atoms with Crippen LogP contribution in [0.2, 0.25) is 10.0 Å². The predicted octanol–water partition coefficient (Wildman–Crippen LogP) is 2.78. The largest absolute Gasteiger partial charge is 0.271 e. The van der Waals surface area contributed by atoms with Crippen LogP contribution in [0.1, 0.15) is 18.4 Å². The van der Waals surface area contributed by atoms with Crippen LogP contribution in [0.3, 0.4) is 0 Å².